The van der Waals surface area contributed by atoms with E-state index >= 15 is 0 Å². The van der Waals surface area contributed by atoms with E-state index in [1.54, 1.807) is 43.5 Å². The zero-order chi connectivity index (χ0) is 20.0. The number of hydrogen-bond acceptors (Lipinski definition) is 6. The normalized spacial score (nSPS) is 12.6. The van der Waals surface area contributed by atoms with Gasteiger partial charge in [0.1, 0.15) is 17.3 Å². The van der Waals surface area contributed by atoms with Gasteiger partial charge in [0.15, 0.2) is 11.6 Å². The number of pyridine rings is 1. The summed E-state index contributed by atoms with van der Waals surface area (Å²) in [6.45, 7) is 0. The van der Waals surface area contributed by atoms with Crippen molar-refractivity contribution in [2.45, 2.75) is 0 Å². The highest BCUT2D eigenvalue weighted by Gasteiger charge is 2.26. The predicted molar refractivity (Wildman–Crippen MR) is 103 cm³/mol. The second-order valence-corrected chi connectivity index (χ2v) is 6.41. The standard InChI is InChI=1S/C19H17F2N5O2/c1-25-9-13(17-18(19(25)27)26(2)24-23-17)12-8-11(22)4-6-15(12)28-16-5-3-10(20)7-14(16)21/h3-9,23-24H,22H2,1-2H3. The van der Waals surface area contributed by atoms with Crippen molar-refractivity contribution in [1.29, 1.82) is 0 Å². The Bertz CT molecular complexity index is 1150. The largest absolute Gasteiger partial charge is 0.454 e. The Morgan fingerprint density at radius 2 is 1.79 bits per heavy atom. The summed E-state index contributed by atoms with van der Waals surface area (Å²) in [5.41, 5.74) is 14.2. The maximum absolute atomic E-state index is 14.1. The van der Waals surface area contributed by atoms with Gasteiger partial charge in [0.2, 0.25) is 0 Å². The summed E-state index contributed by atoms with van der Waals surface area (Å²) in [7, 11) is 3.33. The van der Waals surface area contributed by atoms with Gasteiger partial charge in [0.25, 0.3) is 5.56 Å². The Labute approximate surface area is 158 Å². The third-order valence-corrected chi connectivity index (χ3v) is 4.44. The molecule has 0 aliphatic carbocycles. The highest BCUT2D eigenvalue weighted by molar-refractivity contribution is 5.91. The molecule has 144 valence electrons. The molecule has 0 unspecified atom stereocenters. The number of fused-ring (bicyclic) bond motifs is 1. The van der Waals surface area contributed by atoms with Crippen LogP contribution in [0.5, 0.6) is 11.5 Å². The molecule has 0 radical (unpaired) electrons. The number of halogens is 2. The number of aryl methyl sites for hydroxylation is 1. The fraction of sp³-hybridized carbons (Fsp3) is 0.105. The van der Waals surface area contributed by atoms with Gasteiger partial charge in [-0.15, -0.1) is 5.53 Å². The molecular formula is C19H17F2N5O2. The molecule has 0 fully saturated rings. The number of rotatable bonds is 3. The lowest BCUT2D eigenvalue weighted by Gasteiger charge is -2.16. The highest BCUT2D eigenvalue weighted by Crippen LogP contribution is 2.42. The van der Waals surface area contributed by atoms with Crippen LogP contribution in [0.15, 0.2) is 47.4 Å². The van der Waals surface area contributed by atoms with Crippen molar-refractivity contribution in [3.63, 3.8) is 0 Å². The summed E-state index contributed by atoms with van der Waals surface area (Å²) in [5, 5.41) is 1.56. The number of ether oxygens (including phenoxy) is 1. The molecule has 2 heterocycles. The molecule has 0 saturated heterocycles. The van der Waals surface area contributed by atoms with Crippen LogP contribution in [0.3, 0.4) is 0 Å². The molecule has 0 atom stereocenters. The van der Waals surface area contributed by atoms with Crippen LogP contribution in [0.2, 0.25) is 0 Å². The van der Waals surface area contributed by atoms with Gasteiger partial charge in [-0.2, -0.15) is 0 Å². The number of nitrogens with two attached hydrogens (primary N) is 1. The molecular weight excluding hydrogens is 368 g/mol. The smallest absolute Gasteiger partial charge is 0.277 e. The summed E-state index contributed by atoms with van der Waals surface area (Å²) in [5.74, 6) is -1.35. The minimum atomic E-state index is -0.826. The fourth-order valence-electron chi connectivity index (χ4n) is 3.08. The van der Waals surface area contributed by atoms with Gasteiger partial charge >= 0.3 is 0 Å². The molecule has 7 nitrogen and oxygen atoms in total. The summed E-state index contributed by atoms with van der Waals surface area (Å²) in [6.07, 6.45) is 1.64. The molecule has 2 aromatic carbocycles. The molecule has 0 amide bonds. The lowest BCUT2D eigenvalue weighted by atomic mass is 10.0. The van der Waals surface area contributed by atoms with Crippen molar-refractivity contribution in [2.75, 3.05) is 23.2 Å². The number of nitrogens with zero attached hydrogens (tertiary/aromatic N) is 2. The Morgan fingerprint density at radius 3 is 2.54 bits per heavy atom. The molecule has 9 heteroatoms. The van der Waals surface area contributed by atoms with E-state index in [4.69, 9.17) is 10.5 Å². The topological polar surface area (TPSA) is 84.5 Å². The van der Waals surface area contributed by atoms with E-state index < -0.39 is 11.6 Å². The molecule has 28 heavy (non-hydrogen) atoms. The van der Waals surface area contributed by atoms with E-state index in [1.807, 2.05) is 0 Å². The zero-order valence-electron chi connectivity index (χ0n) is 15.1. The van der Waals surface area contributed by atoms with Crippen molar-refractivity contribution < 1.29 is 13.5 Å². The van der Waals surface area contributed by atoms with Gasteiger partial charge in [-0.1, -0.05) is 0 Å². The van der Waals surface area contributed by atoms with Crippen LogP contribution < -0.4 is 32.0 Å². The monoisotopic (exact) mass is 385 g/mol. The first-order valence-corrected chi connectivity index (χ1v) is 8.37. The first-order valence-electron chi connectivity index (χ1n) is 8.37. The van der Waals surface area contributed by atoms with Crippen LogP contribution in [-0.2, 0) is 7.05 Å². The van der Waals surface area contributed by atoms with Gasteiger partial charge in [-0.25, -0.2) is 8.78 Å². The van der Waals surface area contributed by atoms with Crippen molar-refractivity contribution in [3.05, 3.63) is 64.6 Å². The first kappa shape index (κ1) is 17.8. The number of aromatic nitrogens is 1. The molecule has 0 spiro atoms. The minimum Gasteiger partial charge on any atom is -0.454 e. The zero-order valence-corrected chi connectivity index (χ0v) is 15.1. The molecule has 0 bridgehead atoms. The Balaban J connectivity index is 1.89. The van der Waals surface area contributed by atoms with Gasteiger partial charge in [-0.05, 0) is 30.3 Å². The maximum atomic E-state index is 14.1. The number of nitrogen functional groups attached to an aromatic ring is 1. The molecule has 4 N–H and O–H groups in total. The van der Waals surface area contributed by atoms with Crippen molar-refractivity contribution in [2.24, 2.45) is 7.05 Å². The Hall–Kier alpha value is -3.59. The molecule has 0 saturated carbocycles. The lowest BCUT2D eigenvalue weighted by Crippen LogP contribution is -2.34. The fourth-order valence-corrected chi connectivity index (χ4v) is 3.08. The molecule has 1 aliphatic rings. The number of hydrazine groups is 2. The summed E-state index contributed by atoms with van der Waals surface area (Å²) in [4.78, 5) is 12.5. The Kier molecular flexibility index (Phi) is 4.16. The molecule has 1 aliphatic heterocycles. The maximum Gasteiger partial charge on any atom is 0.277 e. The first-order chi connectivity index (χ1) is 13.3. The van der Waals surface area contributed by atoms with Gasteiger partial charge < -0.3 is 20.5 Å². The van der Waals surface area contributed by atoms with E-state index in [2.05, 4.69) is 11.0 Å². The van der Waals surface area contributed by atoms with E-state index in [9.17, 15) is 13.6 Å². The van der Waals surface area contributed by atoms with Crippen LogP contribution in [0.4, 0.5) is 25.8 Å². The predicted octanol–water partition coefficient (Wildman–Crippen LogP) is 2.99. The lowest BCUT2D eigenvalue weighted by molar-refractivity contribution is 0.439. The molecule has 1 aromatic heterocycles. The average Bonchev–Trinajstić information content (AvgIpc) is 3.04. The van der Waals surface area contributed by atoms with Crippen molar-refractivity contribution >= 4 is 17.1 Å². The average molecular weight is 385 g/mol. The summed E-state index contributed by atoms with van der Waals surface area (Å²) < 4.78 is 34.4. The van der Waals surface area contributed by atoms with E-state index in [0.717, 1.165) is 12.1 Å². The second-order valence-electron chi connectivity index (χ2n) is 6.41. The van der Waals surface area contributed by atoms with E-state index in [1.165, 1.54) is 10.6 Å². The van der Waals surface area contributed by atoms with Crippen molar-refractivity contribution in [3.8, 4) is 22.6 Å². The van der Waals surface area contributed by atoms with Gasteiger partial charge in [0.05, 0.1) is 5.69 Å². The van der Waals surface area contributed by atoms with Crippen LogP contribution in [-0.4, -0.2) is 11.6 Å². The van der Waals surface area contributed by atoms with Gasteiger partial charge in [0, 0.05) is 43.2 Å². The second kappa shape index (κ2) is 6.54. The minimum absolute atomic E-state index is 0.128. The SMILES string of the molecule is CN1NNc2c(-c3cc(N)ccc3Oc3ccc(F)cc3F)cn(C)c(=O)c21. The third kappa shape index (κ3) is 2.91. The quantitative estimate of drug-likeness (QED) is 0.601. The third-order valence-electron chi connectivity index (χ3n) is 4.44. The summed E-state index contributed by atoms with van der Waals surface area (Å²) in [6, 6.07) is 7.94. The summed E-state index contributed by atoms with van der Waals surface area (Å²) >= 11 is 0. The van der Waals surface area contributed by atoms with Crippen LogP contribution in [0.25, 0.3) is 11.1 Å². The van der Waals surface area contributed by atoms with Crippen LogP contribution in [0.1, 0.15) is 0 Å². The van der Waals surface area contributed by atoms with Crippen molar-refractivity contribution in [1.82, 2.24) is 10.1 Å². The number of nitrogens with one attached hydrogen (secondary N) is 2. The number of anilines is 3. The Morgan fingerprint density at radius 1 is 1.04 bits per heavy atom. The number of benzene rings is 2. The van der Waals surface area contributed by atoms with E-state index in [-0.39, 0.29) is 11.3 Å². The molecule has 4 rings (SSSR count). The van der Waals surface area contributed by atoms with Crippen LogP contribution in [0, 0.1) is 11.6 Å². The highest BCUT2D eigenvalue weighted by atomic mass is 19.1. The molecule has 3 aromatic rings. The van der Waals surface area contributed by atoms with Gasteiger partial charge in [-0.3, -0.25) is 9.80 Å². The number of hydrogen-bond donors (Lipinski definition) is 3. The van der Waals surface area contributed by atoms with Crippen LogP contribution >= 0.6 is 0 Å². The van der Waals surface area contributed by atoms with E-state index in [0.29, 0.717) is 33.9 Å².